The van der Waals surface area contributed by atoms with E-state index in [0.29, 0.717) is 0 Å². The summed E-state index contributed by atoms with van der Waals surface area (Å²) in [6, 6.07) is 0. The second-order valence-corrected chi connectivity index (χ2v) is 12.6. The zero-order valence-corrected chi connectivity index (χ0v) is 14.1. The Morgan fingerprint density at radius 3 is 2.53 bits per heavy atom. The van der Waals surface area contributed by atoms with E-state index >= 15 is 0 Å². The maximum atomic E-state index is 12.3. The number of hydrogen-bond acceptors (Lipinski definition) is 2. The molecule has 0 saturated heterocycles. The molecule has 2 fully saturated rings. The van der Waals surface area contributed by atoms with Gasteiger partial charge in [-0.15, -0.1) is 0 Å². The highest BCUT2D eigenvalue weighted by atomic mass is 28.4. The first-order valence-corrected chi connectivity index (χ1v) is 10.4. The Labute approximate surface area is 118 Å². The van der Waals surface area contributed by atoms with E-state index < -0.39 is 8.32 Å². The van der Waals surface area contributed by atoms with Crippen LogP contribution in [0.2, 0.25) is 18.1 Å². The summed E-state index contributed by atoms with van der Waals surface area (Å²) in [6.45, 7) is 15.4. The van der Waals surface area contributed by atoms with E-state index in [1.165, 1.54) is 6.42 Å². The molecule has 0 N–H and O–H groups in total. The molecule has 108 valence electrons. The molecule has 0 amide bonds. The van der Waals surface area contributed by atoms with Crippen molar-refractivity contribution in [3.63, 3.8) is 0 Å². The van der Waals surface area contributed by atoms with Crippen LogP contribution < -0.4 is 0 Å². The van der Waals surface area contributed by atoms with Crippen LogP contribution in [0.3, 0.4) is 0 Å². The quantitative estimate of drug-likeness (QED) is 0.551. The Hall–Kier alpha value is -0.413. The third-order valence-electron chi connectivity index (χ3n) is 5.42. The van der Waals surface area contributed by atoms with E-state index in [1.807, 2.05) is 0 Å². The van der Waals surface area contributed by atoms with E-state index in [4.69, 9.17) is 4.43 Å². The van der Waals surface area contributed by atoms with Crippen molar-refractivity contribution in [1.82, 2.24) is 0 Å². The lowest BCUT2D eigenvalue weighted by Gasteiger charge is -2.48. The summed E-state index contributed by atoms with van der Waals surface area (Å²) < 4.78 is 6.75. The molecule has 0 aliphatic heterocycles. The maximum Gasteiger partial charge on any atom is 0.192 e. The third-order valence-corrected chi connectivity index (χ3v) is 9.95. The SMILES string of the molecule is C=C1C[C@]2(O[Si](C)(C)C(C)(C)C)CCCC[C@@H]2C1=O. The molecule has 0 radical (unpaired) electrons. The van der Waals surface area contributed by atoms with Crippen molar-refractivity contribution >= 4 is 14.1 Å². The molecule has 0 aromatic rings. The average molecular weight is 280 g/mol. The van der Waals surface area contributed by atoms with E-state index in [9.17, 15) is 4.79 Å². The van der Waals surface area contributed by atoms with Crippen LogP contribution in [0.1, 0.15) is 52.9 Å². The van der Waals surface area contributed by atoms with Gasteiger partial charge in [-0.3, -0.25) is 4.79 Å². The number of hydrogen-bond donors (Lipinski definition) is 0. The summed E-state index contributed by atoms with van der Waals surface area (Å²) in [4.78, 5) is 12.3. The number of fused-ring (bicyclic) bond motifs is 1. The number of Topliss-reactive ketones (excluding diaryl/α,β-unsaturated/α-hetero) is 1. The minimum Gasteiger partial charge on any atom is -0.410 e. The van der Waals surface area contributed by atoms with Crippen molar-refractivity contribution in [2.75, 3.05) is 0 Å². The normalized spacial score (nSPS) is 32.6. The summed E-state index contributed by atoms with van der Waals surface area (Å²) in [5.41, 5.74) is 0.584. The van der Waals surface area contributed by atoms with Crippen molar-refractivity contribution < 1.29 is 9.22 Å². The highest BCUT2D eigenvalue weighted by molar-refractivity contribution is 6.74. The summed E-state index contributed by atoms with van der Waals surface area (Å²) in [5, 5.41) is 0.191. The smallest absolute Gasteiger partial charge is 0.192 e. The maximum absolute atomic E-state index is 12.3. The van der Waals surface area contributed by atoms with E-state index in [1.54, 1.807) is 0 Å². The Bertz CT molecular complexity index is 405. The van der Waals surface area contributed by atoms with Gasteiger partial charge in [0.1, 0.15) is 0 Å². The molecule has 0 spiro atoms. The highest BCUT2D eigenvalue weighted by Gasteiger charge is 2.55. The highest BCUT2D eigenvalue weighted by Crippen LogP contribution is 2.52. The molecule has 2 aliphatic carbocycles. The van der Waals surface area contributed by atoms with Gasteiger partial charge in [0.25, 0.3) is 0 Å². The lowest BCUT2D eigenvalue weighted by molar-refractivity contribution is -0.124. The van der Waals surface area contributed by atoms with E-state index in [2.05, 4.69) is 40.4 Å². The topological polar surface area (TPSA) is 26.3 Å². The van der Waals surface area contributed by atoms with Crippen LogP contribution in [0.4, 0.5) is 0 Å². The summed E-state index contributed by atoms with van der Waals surface area (Å²) in [7, 11) is -1.84. The van der Waals surface area contributed by atoms with Crippen LogP contribution in [0.25, 0.3) is 0 Å². The van der Waals surface area contributed by atoms with Crippen molar-refractivity contribution in [3.05, 3.63) is 12.2 Å². The largest absolute Gasteiger partial charge is 0.410 e. The Morgan fingerprint density at radius 1 is 1.32 bits per heavy atom. The van der Waals surface area contributed by atoms with Crippen LogP contribution >= 0.6 is 0 Å². The van der Waals surface area contributed by atoms with E-state index in [0.717, 1.165) is 31.3 Å². The predicted molar refractivity (Wildman–Crippen MR) is 81.7 cm³/mol. The van der Waals surface area contributed by atoms with Gasteiger partial charge >= 0.3 is 0 Å². The Balaban J connectivity index is 2.30. The molecular weight excluding hydrogens is 252 g/mol. The van der Waals surface area contributed by atoms with Gasteiger partial charge in [-0.25, -0.2) is 0 Å². The molecule has 0 aromatic carbocycles. The van der Waals surface area contributed by atoms with Gasteiger partial charge in [0.05, 0.1) is 11.5 Å². The molecule has 2 aliphatic rings. The van der Waals surface area contributed by atoms with Crippen LogP contribution in [0.5, 0.6) is 0 Å². The fraction of sp³-hybridized carbons (Fsp3) is 0.812. The number of carbonyl (C=O) groups is 1. The second kappa shape index (κ2) is 4.56. The molecule has 0 heterocycles. The number of rotatable bonds is 2. The molecule has 0 aromatic heterocycles. The monoisotopic (exact) mass is 280 g/mol. The Morgan fingerprint density at radius 2 is 1.95 bits per heavy atom. The first kappa shape index (κ1) is 15.0. The van der Waals surface area contributed by atoms with Gasteiger partial charge in [0, 0.05) is 6.42 Å². The predicted octanol–water partition coefficient (Wildman–Crippen LogP) is 4.47. The second-order valence-electron chi connectivity index (χ2n) is 7.87. The fourth-order valence-electron chi connectivity index (χ4n) is 3.31. The van der Waals surface area contributed by atoms with Crippen LogP contribution in [0, 0.1) is 5.92 Å². The molecule has 19 heavy (non-hydrogen) atoms. The zero-order chi connectivity index (χ0) is 14.5. The molecule has 2 rings (SSSR count). The molecule has 3 heteroatoms. The average Bonchev–Trinajstić information content (AvgIpc) is 2.49. The lowest BCUT2D eigenvalue weighted by Crippen LogP contribution is -2.53. The lowest BCUT2D eigenvalue weighted by atomic mass is 9.77. The van der Waals surface area contributed by atoms with Gasteiger partial charge in [0.15, 0.2) is 14.1 Å². The number of ketones is 1. The minimum atomic E-state index is -1.84. The molecule has 2 saturated carbocycles. The number of carbonyl (C=O) groups excluding carboxylic acids is 1. The minimum absolute atomic E-state index is 0.0860. The van der Waals surface area contributed by atoms with Crippen molar-refractivity contribution in [3.8, 4) is 0 Å². The molecule has 2 atom stereocenters. The molecule has 0 bridgehead atoms. The first-order valence-electron chi connectivity index (χ1n) is 7.51. The van der Waals surface area contributed by atoms with Gasteiger partial charge < -0.3 is 4.43 Å². The summed E-state index contributed by atoms with van der Waals surface area (Å²) in [6.07, 6.45) is 5.14. The van der Waals surface area contributed by atoms with Crippen LogP contribution in [-0.2, 0) is 9.22 Å². The Kier molecular flexibility index (Phi) is 3.59. The van der Waals surface area contributed by atoms with E-state index in [-0.39, 0.29) is 22.3 Å². The van der Waals surface area contributed by atoms with Gasteiger partial charge in [-0.1, -0.05) is 40.2 Å². The van der Waals surface area contributed by atoms with Crippen LogP contribution in [-0.4, -0.2) is 19.7 Å². The molecule has 0 unspecified atom stereocenters. The summed E-state index contributed by atoms with van der Waals surface area (Å²) in [5.74, 6) is 0.362. The van der Waals surface area contributed by atoms with Crippen molar-refractivity contribution in [2.24, 2.45) is 5.92 Å². The van der Waals surface area contributed by atoms with Crippen molar-refractivity contribution in [2.45, 2.75) is 76.6 Å². The van der Waals surface area contributed by atoms with Gasteiger partial charge in [0.2, 0.25) is 0 Å². The van der Waals surface area contributed by atoms with Gasteiger partial charge in [-0.05, 0) is 36.5 Å². The first-order chi connectivity index (χ1) is 8.59. The van der Waals surface area contributed by atoms with Gasteiger partial charge in [-0.2, -0.15) is 0 Å². The zero-order valence-electron chi connectivity index (χ0n) is 13.1. The van der Waals surface area contributed by atoms with Crippen LogP contribution in [0.15, 0.2) is 12.2 Å². The third kappa shape index (κ3) is 2.47. The fourth-order valence-corrected chi connectivity index (χ4v) is 4.94. The summed E-state index contributed by atoms with van der Waals surface area (Å²) >= 11 is 0. The molecular formula is C16H28O2Si. The van der Waals surface area contributed by atoms with Crippen molar-refractivity contribution in [1.29, 1.82) is 0 Å². The standard InChI is InChI=1S/C16H28O2Si/c1-12-11-16(18-19(5,6)15(2,3)4)10-8-7-9-13(16)14(12)17/h13H,1,7-11H2,2-6H3/t13-,16-/m1/s1. The molecule has 2 nitrogen and oxygen atoms in total.